The minimum atomic E-state index is -0.421. The zero-order valence-electron chi connectivity index (χ0n) is 18.0. The van der Waals surface area contributed by atoms with E-state index < -0.39 is 5.97 Å². The van der Waals surface area contributed by atoms with Crippen molar-refractivity contribution in [1.29, 1.82) is 0 Å². The van der Waals surface area contributed by atoms with E-state index in [9.17, 15) is 9.59 Å². The maximum atomic E-state index is 11.8. The standard InChI is InChI=1S/C24H30N2O4/c1-4-5-6-7-8-9-23(28)30-22-16-25-24(26-17-22)21-14-12-20(13-15-21)11-10-18(2)29-19(3)27/h8-9,12-18H,4-7,10-11H2,1-3H3. The third-order valence-corrected chi connectivity index (χ3v) is 4.49. The molecule has 0 radical (unpaired) electrons. The fourth-order valence-electron chi connectivity index (χ4n) is 2.89. The fourth-order valence-corrected chi connectivity index (χ4v) is 2.89. The number of hydrogen-bond donors (Lipinski definition) is 0. The van der Waals surface area contributed by atoms with E-state index in [0.717, 1.165) is 49.7 Å². The van der Waals surface area contributed by atoms with Crippen LogP contribution in [0.4, 0.5) is 0 Å². The van der Waals surface area contributed by atoms with Gasteiger partial charge in [0, 0.05) is 18.6 Å². The largest absolute Gasteiger partial charge is 0.463 e. The van der Waals surface area contributed by atoms with Crippen LogP contribution in [0, 0.1) is 0 Å². The Balaban J connectivity index is 1.85. The number of aromatic nitrogens is 2. The molecule has 0 aliphatic carbocycles. The second-order valence-electron chi connectivity index (χ2n) is 7.22. The number of aryl methyl sites for hydroxylation is 1. The summed E-state index contributed by atoms with van der Waals surface area (Å²) in [6, 6.07) is 7.92. The van der Waals surface area contributed by atoms with Crippen LogP contribution in [0.1, 0.15) is 58.4 Å². The lowest BCUT2D eigenvalue weighted by Gasteiger charge is -2.11. The molecule has 0 aliphatic heterocycles. The Bertz CT molecular complexity index is 829. The monoisotopic (exact) mass is 410 g/mol. The molecule has 1 atom stereocenters. The highest BCUT2D eigenvalue weighted by molar-refractivity contribution is 5.83. The zero-order chi connectivity index (χ0) is 21.8. The molecule has 1 heterocycles. The lowest BCUT2D eigenvalue weighted by Crippen LogP contribution is -2.12. The number of hydrogen-bond acceptors (Lipinski definition) is 6. The van der Waals surface area contributed by atoms with Crippen LogP contribution in [0.15, 0.2) is 48.8 Å². The van der Waals surface area contributed by atoms with Gasteiger partial charge >= 0.3 is 11.9 Å². The highest BCUT2D eigenvalue weighted by Crippen LogP contribution is 2.18. The minimum Gasteiger partial charge on any atom is -0.463 e. The predicted octanol–water partition coefficient (Wildman–Crippen LogP) is 5.07. The molecule has 1 unspecified atom stereocenters. The normalized spacial score (nSPS) is 12.0. The van der Waals surface area contributed by atoms with Gasteiger partial charge in [0.1, 0.15) is 0 Å². The van der Waals surface area contributed by atoms with Crippen molar-refractivity contribution < 1.29 is 19.1 Å². The van der Waals surface area contributed by atoms with Crippen molar-refractivity contribution in [3.63, 3.8) is 0 Å². The molecule has 6 nitrogen and oxygen atoms in total. The maximum absolute atomic E-state index is 11.8. The number of rotatable bonds is 11. The molecule has 2 rings (SSSR count). The fraction of sp³-hybridized carbons (Fsp3) is 0.417. The van der Waals surface area contributed by atoms with Gasteiger partial charge < -0.3 is 9.47 Å². The van der Waals surface area contributed by atoms with Gasteiger partial charge in [-0.2, -0.15) is 0 Å². The van der Waals surface area contributed by atoms with Crippen molar-refractivity contribution in [2.45, 2.75) is 65.4 Å². The Labute approximate surface area is 178 Å². The molecule has 1 aromatic carbocycles. The van der Waals surface area contributed by atoms with E-state index in [1.165, 1.54) is 25.4 Å². The van der Waals surface area contributed by atoms with E-state index in [0.29, 0.717) is 11.6 Å². The van der Waals surface area contributed by atoms with Gasteiger partial charge in [-0.05, 0) is 38.2 Å². The van der Waals surface area contributed by atoms with E-state index >= 15 is 0 Å². The number of ether oxygens (including phenoxy) is 2. The van der Waals surface area contributed by atoms with E-state index in [2.05, 4.69) is 16.9 Å². The SMILES string of the molecule is CCCCCC=CC(=O)Oc1cnc(-c2ccc(CCC(C)OC(C)=O)cc2)nc1. The number of carbonyl (C=O) groups is 2. The Hall–Kier alpha value is -3.02. The minimum absolute atomic E-state index is 0.105. The second-order valence-corrected chi connectivity index (χ2v) is 7.22. The average Bonchev–Trinajstić information content (AvgIpc) is 2.72. The number of benzene rings is 1. The topological polar surface area (TPSA) is 78.4 Å². The summed E-state index contributed by atoms with van der Waals surface area (Å²) in [6.07, 6.45) is 12.0. The molecule has 160 valence electrons. The van der Waals surface area contributed by atoms with Gasteiger partial charge in [-0.3, -0.25) is 4.79 Å². The van der Waals surface area contributed by atoms with Crippen LogP contribution in [0.5, 0.6) is 5.75 Å². The Kier molecular flexibility index (Phi) is 9.71. The van der Waals surface area contributed by atoms with Crippen molar-refractivity contribution in [1.82, 2.24) is 9.97 Å². The molecule has 2 aromatic rings. The molecule has 30 heavy (non-hydrogen) atoms. The van der Waals surface area contributed by atoms with E-state index in [-0.39, 0.29) is 12.1 Å². The molecule has 0 aliphatic rings. The smallest absolute Gasteiger partial charge is 0.335 e. The predicted molar refractivity (Wildman–Crippen MR) is 116 cm³/mol. The van der Waals surface area contributed by atoms with Crippen LogP contribution in [0.25, 0.3) is 11.4 Å². The van der Waals surface area contributed by atoms with Gasteiger partial charge in [0.2, 0.25) is 0 Å². The second kappa shape index (κ2) is 12.5. The molecule has 0 saturated carbocycles. The summed E-state index contributed by atoms with van der Waals surface area (Å²) in [7, 11) is 0. The molecular weight excluding hydrogens is 380 g/mol. The first kappa shape index (κ1) is 23.3. The van der Waals surface area contributed by atoms with Crippen molar-refractivity contribution in [3.8, 4) is 17.1 Å². The summed E-state index contributed by atoms with van der Waals surface area (Å²) in [5, 5.41) is 0. The van der Waals surface area contributed by atoms with Crippen LogP contribution in [-0.4, -0.2) is 28.0 Å². The van der Waals surface area contributed by atoms with Crippen LogP contribution < -0.4 is 4.74 Å². The molecule has 0 spiro atoms. The molecule has 0 fully saturated rings. The number of unbranched alkanes of at least 4 members (excludes halogenated alkanes) is 3. The molecule has 0 amide bonds. The molecule has 0 N–H and O–H groups in total. The van der Waals surface area contributed by atoms with E-state index in [1.807, 2.05) is 37.3 Å². The first-order valence-electron chi connectivity index (χ1n) is 10.4. The van der Waals surface area contributed by atoms with Gasteiger partial charge in [0.15, 0.2) is 11.6 Å². The number of esters is 2. The average molecular weight is 411 g/mol. The third kappa shape index (κ3) is 8.55. The first-order valence-corrected chi connectivity index (χ1v) is 10.4. The van der Waals surface area contributed by atoms with Gasteiger partial charge in [-0.15, -0.1) is 0 Å². The summed E-state index contributed by atoms with van der Waals surface area (Å²) in [5.74, 6) is 0.199. The van der Waals surface area contributed by atoms with Crippen LogP contribution in [0.3, 0.4) is 0 Å². The summed E-state index contributed by atoms with van der Waals surface area (Å²) in [5.41, 5.74) is 2.02. The molecule has 0 bridgehead atoms. The van der Waals surface area contributed by atoms with E-state index in [1.54, 1.807) is 0 Å². The number of nitrogens with zero attached hydrogens (tertiary/aromatic N) is 2. The quantitative estimate of drug-likeness (QED) is 0.292. The summed E-state index contributed by atoms with van der Waals surface area (Å²) in [4.78, 5) is 31.4. The Morgan fingerprint density at radius 2 is 1.80 bits per heavy atom. The lowest BCUT2D eigenvalue weighted by atomic mass is 10.1. The highest BCUT2D eigenvalue weighted by atomic mass is 16.5. The Morgan fingerprint density at radius 3 is 2.43 bits per heavy atom. The van der Waals surface area contributed by atoms with Crippen molar-refractivity contribution in [3.05, 3.63) is 54.4 Å². The molecule has 0 saturated heterocycles. The Morgan fingerprint density at radius 1 is 1.10 bits per heavy atom. The van der Waals surface area contributed by atoms with Crippen molar-refractivity contribution in [2.75, 3.05) is 0 Å². The summed E-state index contributed by atoms with van der Waals surface area (Å²) in [6.45, 7) is 5.45. The van der Waals surface area contributed by atoms with Crippen molar-refractivity contribution >= 4 is 11.9 Å². The number of allylic oxidation sites excluding steroid dienone is 1. The molecule has 1 aromatic heterocycles. The van der Waals surface area contributed by atoms with Crippen molar-refractivity contribution in [2.24, 2.45) is 0 Å². The third-order valence-electron chi connectivity index (χ3n) is 4.49. The lowest BCUT2D eigenvalue weighted by molar-refractivity contribution is -0.145. The number of carbonyl (C=O) groups excluding carboxylic acids is 2. The molecular formula is C24H30N2O4. The van der Waals surface area contributed by atoms with Gasteiger partial charge in [-0.25, -0.2) is 14.8 Å². The van der Waals surface area contributed by atoms with Crippen LogP contribution in [0.2, 0.25) is 0 Å². The highest BCUT2D eigenvalue weighted by Gasteiger charge is 2.07. The van der Waals surface area contributed by atoms with Gasteiger partial charge in [0.05, 0.1) is 18.5 Å². The maximum Gasteiger partial charge on any atom is 0.335 e. The van der Waals surface area contributed by atoms with Gasteiger partial charge in [-0.1, -0.05) is 50.1 Å². The first-order chi connectivity index (χ1) is 14.5. The van der Waals surface area contributed by atoms with Crippen LogP contribution in [-0.2, 0) is 20.7 Å². The van der Waals surface area contributed by atoms with Gasteiger partial charge in [0.25, 0.3) is 0 Å². The summed E-state index contributed by atoms with van der Waals surface area (Å²) < 4.78 is 10.4. The molecule has 6 heteroatoms. The zero-order valence-corrected chi connectivity index (χ0v) is 18.0. The van der Waals surface area contributed by atoms with E-state index in [4.69, 9.17) is 9.47 Å². The summed E-state index contributed by atoms with van der Waals surface area (Å²) >= 11 is 0. The van der Waals surface area contributed by atoms with Crippen LogP contribution >= 0.6 is 0 Å².